The highest BCUT2D eigenvalue weighted by Gasteiger charge is 2.15. The van der Waals surface area contributed by atoms with E-state index >= 15 is 0 Å². The van der Waals surface area contributed by atoms with Gasteiger partial charge in [0.15, 0.2) is 5.78 Å². The van der Waals surface area contributed by atoms with E-state index in [0.717, 1.165) is 0 Å². The smallest absolute Gasteiger partial charge is 0.195 e. The van der Waals surface area contributed by atoms with E-state index in [4.69, 9.17) is 10.5 Å². The normalized spacial score (nSPS) is 10.1. The number of hydrogen-bond donors (Lipinski definition) is 1. The van der Waals surface area contributed by atoms with Gasteiger partial charge in [-0.1, -0.05) is 18.2 Å². The van der Waals surface area contributed by atoms with E-state index in [1.165, 1.54) is 25.3 Å². The van der Waals surface area contributed by atoms with E-state index in [9.17, 15) is 9.18 Å². The first kappa shape index (κ1) is 12.1. The zero-order valence-corrected chi connectivity index (χ0v) is 9.81. The molecule has 0 aliphatic carbocycles. The second-order valence-electron chi connectivity index (χ2n) is 3.76. The molecule has 0 spiro atoms. The molecular weight excluding hydrogens is 233 g/mol. The van der Waals surface area contributed by atoms with Gasteiger partial charge in [0.05, 0.1) is 12.8 Å². The van der Waals surface area contributed by atoms with E-state index in [1.54, 1.807) is 24.3 Å². The Morgan fingerprint density at radius 2 is 1.94 bits per heavy atom. The number of benzene rings is 2. The highest BCUT2D eigenvalue weighted by atomic mass is 19.1. The van der Waals surface area contributed by atoms with Crippen molar-refractivity contribution >= 4 is 11.5 Å². The van der Waals surface area contributed by atoms with Crippen LogP contribution < -0.4 is 10.5 Å². The second-order valence-corrected chi connectivity index (χ2v) is 3.76. The van der Waals surface area contributed by atoms with Crippen LogP contribution in [0.15, 0.2) is 42.5 Å². The quantitative estimate of drug-likeness (QED) is 0.668. The SMILES string of the molecule is COc1cccc(C(=O)c2cccc(F)c2)c1N. The average molecular weight is 245 g/mol. The molecule has 2 aromatic carbocycles. The lowest BCUT2D eigenvalue weighted by Gasteiger charge is -2.09. The lowest BCUT2D eigenvalue weighted by Crippen LogP contribution is -2.06. The number of carbonyl (C=O) groups is 1. The van der Waals surface area contributed by atoms with Gasteiger partial charge in [-0.15, -0.1) is 0 Å². The summed E-state index contributed by atoms with van der Waals surface area (Å²) in [5.74, 6) is -0.356. The molecule has 0 radical (unpaired) electrons. The summed E-state index contributed by atoms with van der Waals surface area (Å²) >= 11 is 0. The molecular formula is C14H12FNO2. The number of halogens is 1. The fraction of sp³-hybridized carbons (Fsp3) is 0.0714. The number of para-hydroxylation sites is 1. The van der Waals surface area contributed by atoms with Gasteiger partial charge in [-0.2, -0.15) is 0 Å². The summed E-state index contributed by atoms with van der Waals surface area (Å²) in [5.41, 5.74) is 6.65. The number of anilines is 1. The molecule has 0 unspecified atom stereocenters. The fourth-order valence-electron chi connectivity index (χ4n) is 1.71. The van der Waals surface area contributed by atoms with Crippen molar-refractivity contribution in [1.82, 2.24) is 0 Å². The Hall–Kier alpha value is -2.36. The molecule has 0 aliphatic heterocycles. The molecule has 92 valence electrons. The molecule has 3 nitrogen and oxygen atoms in total. The van der Waals surface area contributed by atoms with Crippen molar-refractivity contribution in [3.63, 3.8) is 0 Å². The molecule has 0 aromatic heterocycles. The van der Waals surface area contributed by atoms with Crippen molar-refractivity contribution in [3.8, 4) is 5.75 Å². The Bertz CT molecular complexity index is 596. The molecule has 2 aromatic rings. The first-order chi connectivity index (χ1) is 8.63. The topological polar surface area (TPSA) is 52.3 Å². The van der Waals surface area contributed by atoms with E-state index in [0.29, 0.717) is 11.3 Å². The first-order valence-corrected chi connectivity index (χ1v) is 5.36. The van der Waals surface area contributed by atoms with Crippen LogP contribution in [-0.2, 0) is 0 Å². The zero-order chi connectivity index (χ0) is 13.1. The van der Waals surface area contributed by atoms with Crippen LogP contribution in [0.25, 0.3) is 0 Å². The highest BCUT2D eigenvalue weighted by molar-refractivity contribution is 6.12. The minimum atomic E-state index is -0.456. The van der Waals surface area contributed by atoms with Crippen molar-refractivity contribution in [2.24, 2.45) is 0 Å². The highest BCUT2D eigenvalue weighted by Crippen LogP contribution is 2.26. The van der Waals surface area contributed by atoms with Crippen molar-refractivity contribution < 1.29 is 13.9 Å². The molecule has 0 heterocycles. The minimum absolute atomic E-state index is 0.259. The Morgan fingerprint density at radius 3 is 2.61 bits per heavy atom. The number of ether oxygens (including phenoxy) is 1. The number of rotatable bonds is 3. The van der Waals surface area contributed by atoms with Crippen molar-refractivity contribution in [3.05, 3.63) is 59.4 Å². The molecule has 18 heavy (non-hydrogen) atoms. The Morgan fingerprint density at radius 1 is 1.22 bits per heavy atom. The van der Waals surface area contributed by atoms with Gasteiger partial charge in [-0.05, 0) is 24.3 Å². The van der Waals surface area contributed by atoms with Crippen LogP contribution in [0.5, 0.6) is 5.75 Å². The average Bonchev–Trinajstić information content (AvgIpc) is 2.38. The maximum Gasteiger partial charge on any atom is 0.195 e. The van der Waals surface area contributed by atoms with E-state index in [2.05, 4.69) is 0 Å². The van der Waals surface area contributed by atoms with Crippen LogP contribution in [-0.4, -0.2) is 12.9 Å². The van der Waals surface area contributed by atoms with Crippen LogP contribution >= 0.6 is 0 Å². The molecule has 0 amide bonds. The number of ketones is 1. The van der Waals surface area contributed by atoms with Crippen LogP contribution in [0.2, 0.25) is 0 Å². The predicted molar refractivity (Wildman–Crippen MR) is 67.2 cm³/mol. The summed E-state index contributed by atoms with van der Waals surface area (Å²) in [6.45, 7) is 0. The largest absolute Gasteiger partial charge is 0.495 e. The maximum absolute atomic E-state index is 13.1. The number of methoxy groups -OCH3 is 1. The zero-order valence-electron chi connectivity index (χ0n) is 9.81. The molecule has 0 saturated carbocycles. The third-order valence-corrected chi connectivity index (χ3v) is 2.62. The monoisotopic (exact) mass is 245 g/mol. The van der Waals surface area contributed by atoms with Gasteiger partial charge >= 0.3 is 0 Å². The second kappa shape index (κ2) is 4.87. The van der Waals surface area contributed by atoms with Gasteiger partial charge < -0.3 is 10.5 Å². The Balaban J connectivity index is 2.46. The Labute approximate surface area is 104 Å². The summed E-state index contributed by atoms with van der Waals surface area (Å²) in [6, 6.07) is 10.4. The third-order valence-electron chi connectivity index (χ3n) is 2.62. The third kappa shape index (κ3) is 2.18. The summed E-state index contributed by atoms with van der Waals surface area (Å²) in [6.07, 6.45) is 0. The Kier molecular flexibility index (Phi) is 3.28. The number of carbonyl (C=O) groups excluding carboxylic acids is 1. The lowest BCUT2D eigenvalue weighted by molar-refractivity contribution is 0.103. The molecule has 0 fully saturated rings. The number of nitrogens with two attached hydrogens (primary N) is 1. The van der Waals surface area contributed by atoms with E-state index in [-0.39, 0.29) is 17.0 Å². The number of hydrogen-bond acceptors (Lipinski definition) is 3. The van der Waals surface area contributed by atoms with Gasteiger partial charge in [0.1, 0.15) is 11.6 Å². The summed E-state index contributed by atoms with van der Waals surface area (Å²) in [4.78, 5) is 12.2. The predicted octanol–water partition coefficient (Wildman–Crippen LogP) is 2.65. The van der Waals surface area contributed by atoms with Gasteiger partial charge in [0, 0.05) is 11.1 Å². The first-order valence-electron chi connectivity index (χ1n) is 5.36. The molecule has 2 N–H and O–H groups in total. The van der Waals surface area contributed by atoms with E-state index in [1.807, 2.05) is 0 Å². The van der Waals surface area contributed by atoms with Crippen molar-refractivity contribution in [2.75, 3.05) is 12.8 Å². The van der Waals surface area contributed by atoms with Gasteiger partial charge in [0.2, 0.25) is 0 Å². The summed E-state index contributed by atoms with van der Waals surface area (Å²) in [7, 11) is 1.47. The van der Waals surface area contributed by atoms with Crippen LogP contribution in [0, 0.1) is 5.82 Å². The molecule has 0 bridgehead atoms. The molecule has 0 aliphatic rings. The fourth-order valence-corrected chi connectivity index (χ4v) is 1.71. The van der Waals surface area contributed by atoms with Gasteiger partial charge in [-0.3, -0.25) is 4.79 Å². The maximum atomic E-state index is 13.1. The van der Waals surface area contributed by atoms with Gasteiger partial charge in [-0.25, -0.2) is 4.39 Å². The summed E-state index contributed by atoms with van der Waals surface area (Å²) in [5, 5.41) is 0. The van der Waals surface area contributed by atoms with E-state index < -0.39 is 5.82 Å². The van der Waals surface area contributed by atoms with Crippen LogP contribution in [0.4, 0.5) is 10.1 Å². The van der Waals surface area contributed by atoms with Crippen molar-refractivity contribution in [1.29, 1.82) is 0 Å². The molecule has 4 heteroatoms. The van der Waals surface area contributed by atoms with Crippen LogP contribution in [0.3, 0.4) is 0 Å². The summed E-state index contributed by atoms with van der Waals surface area (Å²) < 4.78 is 18.1. The minimum Gasteiger partial charge on any atom is -0.495 e. The standard InChI is InChI=1S/C14H12FNO2/c1-18-12-7-3-6-11(13(12)16)14(17)9-4-2-5-10(15)8-9/h2-8H,16H2,1H3. The van der Waals surface area contributed by atoms with Crippen molar-refractivity contribution in [2.45, 2.75) is 0 Å². The number of nitrogen functional groups attached to an aromatic ring is 1. The van der Waals surface area contributed by atoms with Gasteiger partial charge in [0.25, 0.3) is 0 Å². The van der Waals surface area contributed by atoms with Crippen LogP contribution in [0.1, 0.15) is 15.9 Å². The molecule has 0 atom stereocenters. The lowest BCUT2D eigenvalue weighted by atomic mass is 10.0. The molecule has 2 rings (SSSR count). The molecule has 0 saturated heterocycles.